The van der Waals surface area contributed by atoms with Crippen molar-refractivity contribution in [1.29, 1.82) is 0 Å². The predicted molar refractivity (Wildman–Crippen MR) is 84.7 cm³/mol. The molecule has 7 heteroatoms. The van der Waals surface area contributed by atoms with E-state index in [4.69, 9.17) is 0 Å². The van der Waals surface area contributed by atoms with E-state index in [2.05, 4.69) is 16.0 Å². The zero-order valence-corrected chi connectivity index (χ0v) is 13.2. The lowest BCUT2D eigenvalue weighted by atomic mass is 10.2. The monoisotopic (exact) mass is 319 g/mol. The van der Waals surface area contributed by atoms with Crippen molar-refractivity contribution < 1.29 is 9.59 Å². The Kier molecular flexibility index (Phi) is 11.0. The fourth-order valence-corrected chi connectivity index (χ4v) is 2.14. The Morgan fingerprint density at radius 1 is 1.20 bits per heavy atom. The number of rotatable bonds is 9. The minimum absolute atomic E-state index is 0. The smallest absolute Gasteiger partial charge is 0.252 e. The summed E-state index contributed by atoms with van der Waals surface area (Å²) < 4.78 is 0. The topological polar surface area (TPSA) is 70.2 Å². The molecule has 0 unspecified atom stereocenters. The number of thiophene rings is 1. The Morgan fingerprint density at radius 3 is 2.65 bits per heavy atom. The van der Waals surface area contributed by atoms with Crippen LogP contribution in [0.1, 0.15) is 30.1 Å². The molecule has 0 saturated carbocycles. The molecule has 0 fully saturated rings. The molecule has 0 aliphatic rings. The number of carbonyl (C=O) groups is 2. The minimum Gasteiger partial charge on any atom is -0.355 e. The van der Waals surface area contributed by atoms with Crippen molar-refractivity contribution in [2.45, 2.75) is 19.8 Å². The molecule has 2 amide bonds. The summed E-state index contributed by atoms with van der Waals surface area (Å²) >= 11 is 1.49. The molecule has 0 atom stereocenters. The first-order valence-electron chi connectivity index (χ1n) is 6.52. The highest BCUT2D eigenvalue weighted by Gasteiger charge is 2.05. The molecule has 0 spiro atoms. The van der Waals surface area contributed by atoms with Gasteiger partial charge in [0.15, 0.2) is 0 Å². The molecule has 0 aliphatic heterocycles. The van der Waals surface area contributed by atoms with E-state index in [9.17, 15) is 9.59 Å². The number of nitrogens with one attached hydrogen (secondary N) is 3. The fourth-order valence-electron chi connectivity index (χ4n) is 1.50. The molecule has 0 bridgehead atoms. The van der Waals surface area contributed by atoms with E-state index >= 15 is 0 Å². The molecule has 1 rings (SSSR count). The van der Waals surface area contributed by atoms with Crippen molar-refractivity contribution in [3.8, 4) is 0 Å². The number of hydrogen-bond acceptors (Lipinski definition) is 4. The largest absolute Gasteiger partial charge is 0.355 e. The molecular weight excluding hydrogens is 298 g/mol. The third kappa shape index (κ3) is 8.14. The number of halogens is 1. The minimum atomic E-state index is -0.0752. The van der Waals surface area contributed by atoms with E-state index in [1.165, 1.54) is 11.3 Å². The summed E-state index contributed by atoms with van der Waals surface area (Å²) in [5.41, 5.74) is 0.681. The van der Waals surface area contributed by atoms with Crippen LogP contribution in [-0.2, 0) is 4.79 Å². The van der Waals surface area contributed by atoms with E-state index < -0.39 is 0 Å². The first-order chi connectivity index (χ1) is 9.24. The highest BCUT2D eigenvalue weighted by atomic mass is 35.5. The third-order valence-corrected chi connectivity index (χ3v) is 3.21. The number of amides is 2. The summed E-state index contributed by atoms with van der Waals surface area (Å²) in [6.45, 7) is 4.89. The first kappa shape index (κ1) is 18.9. The van der Waals surface area contributed by atoms with Crippen molar-refractivity contribution in [2.24, 2.45) is 0 Å². The molecule has 5 nitrogen and oxygen atoms in total. The zero-order chi connectivity index (χ0) is 13.9. The van der Waals surface area contributed by atoms with E-state index in [-0.39, 0.29) is 24.2 Å². The average Bonchev–Trinajstić information content (AvgIpc) is 2.93. The average molecular weight is 320 g/mol. The number of carbonyl (C=O) groups excluding carboxylic acids is 2. The molecule has 0 aliphatic carbocycles. The van der Waals surface area contributed by atoms with Crippen molar-refractivity contribution in [3.05, 3.63) is 22.4 Å². The Morgan fingerprint density at radius 2 is 2.00 bits per heavy atom. The number of likely N-dealkylation sites (N-methyl/N-ethyl adjacent to an activating group) is 1. The van der Waals surface area contributed by atoms with Crippen molar-refractivity contribution in [3.63, 3.8) is 0 Å². The summed E-state index contributed by atoms with van der Waals surface area (Å²) in [7, 11) is 0. The van der Waals surface area contributed by atoms with E-state index in [1.807, 2.05) is 17.7 Å². The maximum absolute atomic E-state index is 11.6. The molecule has 0 saturated heterocycles. The maximum atomic E-state index is 11.6. The van der Waals surface area contributed by atoms with E-state index in [0.29, 0.717) is 31.5 Å². The van der Waals surface area contributed by atoms with Gasteiger partial charge < -0.3 is 16.0 Å². The molecule has 3 N–H and O–H groups in total. The van der Waals surface area contributed by atoms with Crippen LogP contribution in [0.25, 0.3) is 0 Å². The van der Waals surface area contributed by atoms with Gasteiger partial charge in [-0.15, -0.1) is 12.4 Å². The third-order valence-electron chi connectivity index (χ3n) is 2.52. The van der Waals surface area contributed by atoms with Gasteiger partial charge in [-0.05, 0) is 24.4 Å². The fraction of sp³-hybridized carbons (Fsp3) is 0.538. The first-order valence-corrected chi connectivity index (χ1v) is 7.46. The second-order valence-corrected chi connectivity index (χ2v) is 4.86. The Balaban J connectivity index is 0.00000361. The highest BCUT2D eigenvalue weighted by molar-refractivity contribution is 7.08. The SMILES string of the molecule is CCNCCNC(=O)CCCNC(=O)c1ccsc1.Cl. The molecule has 1 aromatic heterocycles. The second kappa shape index (κ2) is 11.7. The van der Waals surface area contributed by atoms with Crippen LogP contribution >= 0.6 is 23.7 Å². The maximum Gasteiger partial charge on any atom is 0.252 e. The summed E-state index contributed by atoms with van der Waals surface area (Å²) in [6, 6.07) is 1.79. The zero-order valence-electron chi connectivity index (χ0n) is 11.6. The van der Waals surface area contributed by atoms with Gasteiger partial charge in [-0.3, -0.25) is 9.59 Å². The quantitative estimate of drug-likeness (QED) is 0.603. The van der Waals surface area contributed by atoms with Gasteiger partial charge in [-0.2, -0.15) is 11.3 Å². The van der Waals surface area contributed by atoms with Crippen LogP contribution in [0.15, 0.2) is 16.8 Å². The van der Waals surface area contributed by atoms with Gasteiger partial charge >= 0.3 is 0 Å². The Bertz CT molecular complexity index is 385. The van der Waals surface area contributed by atoms with Crippen LogP contribution in [-0.4, -0.2) is 38.0 Å². The van der Waals surface area contributed by atoms with Crippen molar-refractivity contribution in [1.82, 2.24) is 16.0 Å². The van der Waals surface area contributed by atoms with Crippen LogP contribution in [0.5, 0.6) is 0 Å². The summed E-state index contributed by atoms with van der Waals surface area (Å²) in [6.07, 6.45) is 1.10. The summed E-state index contributed by atoms with van der Waals surface area (Å²) in [5, 5.41) is 12.4. The molecule has 20 heavy (non-hydrogen) atoms. The lowest BCUT2D eigenvalue weighted by molar-refractivity contribution is -0.121. The summed E-state index contributed by atoms with van der Waals surface area (Å²) in [5.74, 6) is -0.0449. The lowest BCUT2D eigenvalue weighted by Gasteiger charge is -2.06. The standard InChI is InChI=1S/C13H21N3O2S.ClH/c1-2-14-7-8-15-12(17)4-3-6-16-13(18)11-5-9-19-10-11;/h5,9-10,14H,2-4,6-8H2,1H3,(H,15,17)(H,16,18);1H. The summed E-state index contributed by atoms with van der Waals surface area (Å²) in [4.78, 5) is 23.0. The van der Waals surface area contributed by atoms with Crippen LogP contribution in [0.2, 0.25) is 0 Å². The van der Waals surface area contributed by atoms with Gasteiger partial charge in [0.05, 0.1) is 0 Å². The van der Waals surface area contributed by atoms with Gasteiger partial charge in [0.25, 0.3) is 5.91 Å². The van der Waals surface area contributed by atoms with Gasteiger partial charge in [-0.25, -0.2) is 0 Å². The van der Waals surface area contributed by atoms with Crippen molar-refractivity contribution in [2.75, 3.05) is 26.2 Å². The molecule has 1 heterocycles. The normalized spacial score (nSPS) is 9.65. The highest BCUT2D eigenvalue weighted by Crippen LogP contribution is 2.05. The molecule has 0 aromatic carbocycles. The van der Waals surface area contributed by atoms with Gasteiger partial charge in [0.2, 0.25) is 5.91 Å². The van der Waals surface area contributed by atoms with Gasteiger partial charge in [-0.1, -0.05) is 6.92 Å². The Labute approximate surface area is 129 Å². The van der Waals surface area contributed by atoms with E-state index in [0.717, 1.165) is 13.1 Å². The van der Waals surface area contributed by atoms with Crippen LogP contribution < -0.4 is 16.0 Å². The predicted octanol–water partition coefficient (Wildman–Crippen LogP) is 1.41. The van der Waals surface area contributed by atoms with Crippen molar-refractivity contribution >= 4 is 35.6 Å². The second-order valence-electron chi connectivity index (χ2n) is 4.07. The molecule has 114 valence electrons. The van der Waals surface area contributed by atoms with Gasteiger partial charge in [0.1, 0.15) is 0 Å². The Hall–Kier alpha value is -1.11. The van der Waals surface area contributed by atoms with Crippen LogP contribution in [0.3, 0.4) is 0 Å². The molecule has 1 aromatic rings. The van der Waals surface area contributed by atoms with E-state index in [1.54, 1.807) is 6.07 Å². The van der Waals surface area contributed by atoms with Gasteiger partial charge in [0, 0.05) is 37.0 Å². The number of hydrogen-bond donors (Lipinski definition) is 3. The molecule has 0 radical (unpaired) electrons. The lowest BCUT2D eigenvalue weighted by Crippen LogP contribution is -2.32. The van der Waals surface area contributed by atoms with Crippen LogP contribution in [0.4, 0.5) is 0 Å². The molecular formula is C13H22ClN3O2S. The van der Waals surface area contributed by atoms with Crippen LogP contribution in [0, 0.1) is 0 Å².